The molecule has 2 aliphatic rings. The molecule has 2 unspecified atom stereocenters. The molecule has 1 aliphatic heterocycles. The normalized spacial score (nSPS) is 22.7. The summed E-state index contributed by atoms with van der Waals surface area (Å²) in [6, 6.07) is 19.5. The van der Waals surface area contributed by atoms with E-state index in [9.17, 15) is 4.79 Å². The Labute approximate surface area is 175 Å². The molecule has 29 heavy (non-hydrogen) atoms. The van der Waals surface area contributed by atoms with Crippen molar-refractivity contribution in [2.75, 3.05) is 6.54 Å². The van der Waals surface area contributed by atoms with Crippen molar-refractivity contribution in [2.45, 2.75) is 65.0 Å². The zero-order valence-corrected chi connectivity index (χ0v) is 18.2. The van der Waals surface area contributed by atoms with Crippen LogP contribution in [0.25, 0.3) is 11.1 Å². The highest BCUT2D eigenvalue weighted by molar-refractivity contribution is 5.70. The Kier molecular flexibility index (Phi) is 5.18. The third-order valence-electron chi connectivity index (χ3n) is 6.58. The fourth-order valence-corrected chi connectivity index (χ4v) is 5.12. The maximum absolute atomic E-state index is 13.0. The standard InChI is InChI=1S/C26H33NO2/c1-5-22-23(27(18-26(22)14-15-26)24(28)29-25(2,3)4)17-19-10-9-13-21(16-19)20-11-7-6-8-12-20/h6-13,16,22-23H,5,14-15,17-18H2,1-4H3. The number of benzene rings is 2. The first-order valence-corrected chi connectivity index (χ1v) is 11.0. The Hall–Kier alpha value is -2.29. The van der Waals surface area contributed by atoms with E-state index in [-0.39, 0.29) is 12.1 Å². The molecular weight excluding hydrogens is 358 g/mol. The average molecular weight is 392 g/mol. The van der Waals surface area contributed by atoms with E-state index in [1.165, 1.54) is 29.5 Å². The van der Waals surface area contributed by atoms with Gasteiger partial charge in [-0.3, -0.25) is 0 Å². The van der Waals surface area contributed by atoms with E-state index in [0.717, 1.165) is 19.4 Å². The van der Waals surface area contributed by atoms with Gasteiger partial charge in [0.25, 0.3) is 0 Å². The van der Waals surface area contributed by atoms with Gasteiger partial charge >= 0.3 is 6.09 Å². The molecule has 2 aromatic rings. The third-order valence-corrected chi connectivity index (χ3v) is 6.58. The van der Waals surface area contributed by atoms with Gasteiger partial charge in [0.05, 0.1) is 0 Å². The van der Waals surface area contributed by atoms with Crippen molar-refractivity contribution in [3.05, 3.63) is 60.2 Å². The van der Waals surface area contributed by atoms with Gasteiger partial charge < -0.3 is 9.64 Å². The van der Waals surface area contributed by atoms with Gasteiger partial charge in [0.2, 0.25) is 0 Å². The Morgan fingerprint density at radius 1 is 1.07 bits per heavy atom. The molecule has 1 saturated carbocycles. The number of likely N-dealkylation sites (tertiary alicyclic amines) is 1. The zero-order valence-electron chi connectivity index (χ0n) is 18.2. The third kappa shape index (κ3) is 4.19. The Morgan fingerprint density at radius 2 is 1.76 bits per heavy atom. The second kappa shape index (κ2) is 7.51. The van der Waals surface area contributed by atoms with E-state index in [1.54, 1.807) is 0 Å². The number of ether oxygens (including phenoxy) is 1. The van der Waals surface area contributed by atoms with Crippen molar-refractivity contribution in [1.29, 1.82) is 0 Å². The lowest BCUT2D eigenvalue weighted by Crippen LogP contribution is -2.42. The Balaban J connectivity index is 1.60. The van der Waals surface area contributed by atoms with E-state index in [2.05, 4.69) is 55.5 Å². The summed E-state index contributed by atoms with van der Waals surface area (Å²) in [4.78, 5) is 15.1. The predicted octanol–water partition coefficient (Wildman–Crippen LogP) is 6.32. The zero-order chi connectivity index (χ0) is 20.6. The second-order valence-corrected chi connectivity index (χ2v) is 9.82. The number of amides is 1. The van der Waals surface area contributed by atoms with Crippen LogP contribution in [0, 0.1) is 11.3 Å². The monoisotopic (exact) mass is 391 g/mol. The summed E-state index contributed by atoms with van der Waals surface area (Å²) in [5.74, 6) is 0.551. The van der Waals surface area contributed by atoms with Gasteiger partial charge in [-0.05, 0) is 68.1 Å². The molecule has 1 spiro atoms. The Morgan fingerprint density at radius 3 is 2.38 bits per heavy atom. The van der Waals surface area contributed by atoms with Crippen LogP contribution in [0.2, 0.25) is 0 Å². The molecule has 4 rings (SSSR count). The first-order chi connectivity index (χ1) is 13.8. The highest BCUT2D eigenvalue weighted by Gasteiger charge is 2.59. The van der Waals surface area contributed by atoms with Crippen LogP contribution < -0.4 is 0 Å². The molecule has 0 N–H and O–H groups in total. The number of hydrogen-bond acceptors (Lipinski definition) is 2. The first kappa shape index (κ1) is 20.0. The quantitative estimate of drug-likeness (QED) is 0.610. The van der Waals surface area contributed by atoms with Crippen LogP contribution in [0.3, 0.4) is 0 Å². The molecule has 2 fully saturated rings. The summed E-state index contributed by atoms with van der Waals surface area (Å²) in [6.45, 7) is 8.97. The van der Waals surface area contributed by atoms with E-state index in [4.69, 9.17) is 4.74 Å². The maximum atomic E-state index is 13.0. The minimum Gasteiger partial charge on any atom is -0.444 e. The number of carbonyl (C=O) groups excluding carboxylic acids is 1. The Bertz CT molecular complexity index is 864. The number of nitrogens with zero attached hydrogens (tertiary/aromatic N) is 1. The molecule has 154 valence electrons. The van der Waals surface area contributed by atoms with Gasteiger partial charge in [-0.2, -0.15) is 0 Å². The number of carbonyl (C=O) groups is 1. The van der Waals surface area contributed by atoms with Crippen molar-refractivity contribution in [2.24, 2.45) is 11.3 Å². The van der Waals surface area contributed by atoms with Crippen LogP contribution in [0.1, 0.15) is 52.5 Å². The largest absolute Gasteiger partial charge is 0.444 e. The van der Waals surface area contributed by atoms with Gasteiger partial charge in [0.15, 0.2) is 0 Å². The lowest BCUT2D eigenvalue weighted by Gasteiger charge is -2.30. The second-order valence-electron chi connectivity index (χ2n) is 9.82. The van der Waals surface area contributed by atoms with Crippen LogP contribution in [0.5, 0.6) is 0 Å². The number of rotatable bonds is 4. The van der Waals surface area contributed by atoms with Gasteiger partial charge in [-0.15, -0.1) is 0 Å². The molecule has 1 aliphatic carbocycles. The summed E-state index contributed by atoms with van der Waals surface area (Å²) in [5.41, 5.74) is 3.62. The highest BCUT2D eigenvalue weighted by atomic mass is 16.6. The average Bonchev–Trinajstić information content (AvgIpc) is 3.38. The first-order valence-electron chi connectivity index (χ1n) is 11.0. The smallest absolute Gasteiger partial charge is 0.410 e. The van der Waals surface area contributed by atoms with Crippen molar-refractivity contribution in [3.8, 4) is 11.1 Å². The molecule has 0 radical (unpaired) electrons. The van der Waals surface area contributed by atoms with Crippen LogP contribution in [-0.4, -0.2) is 29.2 Å². The van der Waals surface area contributed by atoms with E-state index >= 15 is 0 Å². The summed E-state index contributed by atoms with van der Waals surface area (Å²) >= 11 is 0. The van der Waals surface area contributed by atoms with Gasteiger partial charge in [-0.1, -0.05) is 67.9 Å². The molecule has 2 atom stereocenters. The lowest BCUT2D eigenvalue weighted by molar-refractivity contribution is 0.0205. The predicted molar refractivity (Wildman–Crippen MR) is 118 cm³/mol. The molecule has 2 aromatic carbocycles. The summed E-state index contributed by atoms with van der Waals surface area (Å²) in [7, 11) is 0. The summed E-state index contributed by atoms with van der Waals surface area (Å²) < 4.78 is 5.78. The van der Waals surface area contributed by atoms with E-state index < -0.39 is 5.60 Å². The van der Waals surface area contributed by atoms with Crippen molar-refractivity contribution in [3.63, 3.8) is 0 Å². The summed E-state index contributed by atoms with van der Waals surface area (Å²) in [5, 5.41) is 0. The fourth-order valence-electron chi connectivity index (χ4n) is 5.12. The molecule has 1 saturated heterocycles. The maximum Gasteiger partial charge on any atom is 0.410 e. The van der Waals surface area contributed by atoms with Gasteiger partial charge in [0, 0.05) is 12.6 Å². The lowest BCUT2D eigenvalue weighted by atomic mass is 9.83. The summed E-state index contributed by atoms with van der Waals surface area (Å²) in [6.07, 6.45) is 4.34. The minimum absolute atomic E-state index is 0.149. The van der Waals surface area contributed by atoms with Crippen LogP contribution in [0.4, 0.5) is 4.79 Å². The van der Waals surface area contributed by atoms with Crippen molar-refractivity contribution >= 4 is 6.09 Å². The topological polar surface area (TPSA) is 29.5 Å². The van der Waals surface area contributed by atoms with Crippen molar-refractivity contribution in [1.82, 2.24) is 4.90 Å². The van der Waals surface area contributed by atoms with E-state index in [1.807, 2.05) is 31.7 Å². The minimum atomic E-state index is -0.462. The van der Waals surface area contributed by atoms with Gasteiger partial charge in [-0.25, -0.2) is 4.79 Å². The molecule has 1 heterocycles. The highest BCUT2D eigenvalue weighted by Crippen LogP contribution is 2.60. The molecule has 0 bridgehead atoms. The van der Waals surface area contributed by atoms with E-state index in [0.29, 0.717) is 11.3 Å². The molecule has 3 heteroatoms. The van der Waals surface area contributed by atoms with Crippen LogP contribution in [0.15, 0.2) is 54.6 Å². The van der Waals surface area contributed by atoms with Gasteiger partial charge in [0.1, 0.15) is 5.60 Å². The fraction of sp³-hybridized carbons (Fsp3) is 0.500. The molecule has 0 aromatic heterocycles. The van der Waals surface area contributed by atoms with Crippen molar-refractivity contribution < 1.29 is 9.53 Å². The van der Waals surface area contributed by atoms with Crippen LogP contribution in [-0.2, 0) is 11.2 Å². The van der Waals surface area contributed by atoms with Crippen LogP contribution >= 0.6 is 0 Å². The SMILES string of the molecule is CCC1C(Cc2cccc(-c3ccccc3)c2)N(C(=O)OC(C)(C)C)CC12CC2. The number of hydrogen-bond donors (Lipinski definition) is 0. The molecule has 3 nitrogen and oxygen atoms in total. The molecule has 1 amide bonds. The molecular formula is C26H33NO2.